The maximum absolute atomic E-state index is 12.6. The Kier molecular flexibility index (Phi) is 5.95. The fourth-order valence-electron chi connectivity index (χ4n) is 5.27. The van der Waals surface area contributed by atoms with Crippen LogP contribution in [-0.2, 0) is 19.4 Å². The molecule has 1 saturated heterocycles. The second-order valence-electron chi connectivity index (χ2n) is 9.50. The van der Waals surface area contributed by atoms with Crippen LogP contribution in [0.4, 0.5) is 5.82 Å². The van der Waals surface area contributed by atoms with Gasteiger partial charge in [0.25, 0.3) is 5.91 Å². The normalized spacial score (nSPS) is 22.0. The lowest BCUT2D eigenvalue weighted by molar-refractivity contribution is 0.0950. The van der Waals surface area contributed by atoms with Crippen molar-refractivity contribution in [3.05, 3.63) is 58.8 Å². The van der Waals surface area contributed by atoms with E-state index in [2.05, 4.69) is 45.2 Å². The van der Waals surface area contributed by atoms with Crippen LogP contribution in [0.5, 0.6) is 0 Å². The van der Waals surface area contributed by atoms with Crippen LogP contribution in [0.25, 0.3) is 0 Å². The lowest BCUT2D eigenvalue weighted by atomic mass is 9.91. The fourth-order valence-corrected chi connectivity index (χ4v) is 5.27. The third-order valence-electron chi connectivity index (χ3n) is 7.51. The highest BCUT2D eigenvalue weighted by atomic mass is 16.1. The van der Waals surface area contributed by atoms with Crippen molar-refractivity contribution in [1.82, 2.24) is 15.2 Å². The van der Waals surface area contributed by atoms with Gasteiger partial charge in [0.05, 0.1) is 5.56 Å². The van der Waals surface area contributed by atoms with Crippen LogP contribution in [0, 0.1) is 0 Å². The lowest BCUT2D eigenvalue weighted by Gasteiger charge is -2.36. The molecule has 2 aliphatic heterocycles. The first-order valence-electron chi connectivity index (χ1n) is 12.0. The first-order chi connectivity index (χ1) is 15.2. The number of pyridine rings is 1. The summed E-state index contributed by atoms with van der Waals surface area (Å²) in [7, 11) is 0. The van der Waals surface area contributed by atoms with Crippen molar-refractivity contribution in [2.75, 3.05) is 24.5 Å². The first-order valence-corrected chi connectivity index (χ1v) is 12.0. The van der Waals surface area contributed by atoms with Gasteiger partial charge in [0, 0.05) is 44.5 Å². The Morgan fingerprint density at radius 1 is 1.03 bits per heavy atom. The smallest absolute Gasteiger partial charge is 0.253 e. The van der Waals surface area contributed by atoms with Gasteiger partial charge in [-0.3, -0.25) is 9.69 Å². The van der Waals surface area contributed by atoms with Crippen LogP contribution < -0.4 is 10.2 Å². The first kappa shape index (κ1) is 20.5. The molecule has 0 bridgehead atoms. The van der Waals surface area contributed by atoms with E-state index in [0.717, 1.165) is 31.2 Å². The standard InChI is InChI=1S/C26H34N4O/c1-19-4-3-13-30(19)25-10-9-23(18-27-25)26(31)28-17-20-7-8-21-11-14-29(24-5-2-6-24)15-12-22(21)16-20/h7-10,16,18-19,24H,2-6,11-15,17H2,1H3,(H,28,31). The number of amides is 1. The maximum Gasteiger partial charge on any atom is 0.253 e. The zero-order chi connectivity index (χ0) is 21.2. The van der Waals surface area contributed by atoms with E-state index in [9.17, 15) is 4.79 Å². The van der Waals surface area contributed by atoms with Gasteiger partial charge in [-0.1, -0.05) is 24.6 Å². The Bertz CT molecular complexity index is 922. The van der Waals surface area contributed by atoms with Gasteiger partial charge in [0.1, 0.15) is 5.82 Å². The highest BCUT2D eigenvalue weighted by Crippen LogP contribution is 2.28. The molecule has 1 aliphatic carbocycles. The van der Waals surface area contributed by atoms with Crippen molar-refractivity contribution in [2.45, 2.75) is 70.5 Å². The Labute approximate surface area is 185 Å². The number of hydrogen-bond acceptors (Lipinski definition) is 4. The summed E-state index contributed by atoms with van der Waals surface area (Å²) in [6, 6.07) is 12.0. The number of carbonyl (C=O) groups excluding carboxylic acids is 1. The quantitative estimate of drug-likeness (QED) is 0.799. The number of nitrogens with one attached hydrogen (secondary N) is 1. The molecule has 0 spiro atoms. The van der Waals surface area contributed by atoms with E-state index in [1.807, 2.05) is 12.1 Å². The lowest BCUT2D eigenvalue weighted by Crippen LogP contribution is -2.41. The monoisotopic (exact) mass is 418 g/mol. The third-order valence-corrected chi connectivity index (χ3v) is 7.51. The molecule has 31 heavy (non-hydrogen) atoms. The Balaban J connectivity index is 1.17. The second kappa shape index (κ2) is 8.99. The molecule has 1 saturated carbocycles. The molecule has 1 atom stereocenters. The van der Waals surface area contributed by atoms with Crippen LogP contribution in [0.2, 0.25) is 0 Å². The average Bonchev–Trinajstić information content (AvgIpc) is 3.08. The van der Waals surface area contributed by atoms with Gasteiger partial charge >= 0.3 is 0 Å². The molecule has 2 fully saturated rings. The van der Waals surface area contributed by atoms with E-state index >= 15 is 0 Å². The largest absolute Gasteiger partial charge is 0.354 e. The van der Waals surface area contributed by atoms with Crippen LogP contribution in [-0.4, -0.2) is 47.5 Å². The molecule has 1 amide bonds. The fraction of sp³-hybridized carbons (Fsp3) is 0.538. The summed E-state index contributed by atoms with van der Waals surface area (Å²) < 4.78 is 0. The van der Waals surface area contributed by atoms with Crippen LogP contribution in [0.3, 0.4) is 0 Å². The zero-order valence-electron chi connectivity index (χ0n) is 18.6. The van der Waals surface area contributed by atoms with E-state index in [-0.39, 0.29) is 5.91 Å². The van der Waals surface area contributed by atoms with Crippen LogP contribution in [0.15, 0.2) is 36.5 Å². The minimum absolute atomic E-state index is 0.0559. The van der Waals surface area contributed by atoms with Crippen molar-refractivity contribution in [3.63, 3.8) is 0 Å². The SMILES string of the molecule is CC1CCCN1c1ccc(C(=O)NCc2ccc3c(c2)CCN(C2CCC2)CC3)cn1. The molecule has 1 aromatic heterocycles. The summed E-state index contributed by atoms with van der Waals surface area (Å²) in [6.07, 6.45) is 10.5. The number of anilines is 1. The molecule has 3 aliphatic rings. The average molecular weight is 419 g/mol. The van der Waals surface area contributed by atoms with E-state index in [1.165, 1.54) is 61.9 Å². The molecule has 3 heterocycles. The second-order valence-corrected chi connectivity index (χ2v) is 9.50. The molecule has 164 valence electrons. The van der Waals surface area contributed by atoms with Gasteiger partial charge < -0.3 is 10.2 Å². The minimum Gasteiger partial charge on any atom is -0.354 e. The molecule has 1 unspecified atom stereocenters. The van der Waals surface area contributed by atoms with Gasteiger partial charge in [0.2, 0.25) is 0 Å². The van der Waals surface area contributed by atoms with E-state index < -0.39 is 0 Å². The van der Waals surface area contributed by atoms with Crippen LogP contribution in [0.1, 0.15) is 66.1 Å². The molecule has 1 aromatic carbocycles. The predicted octanol–water partition coefficient (Wildman–Crippen LogP) is 3.95. The highest BCUT2D eigenvalue weighted by molar-refractivity contribution is 5.94. The number of carbonyl (C=O) groups is 1. The van der Waals surface area contributed by atoms with E-state index in [0.29, 0.717) is 18.2 Å². The molecule has 0 radical (unpaired) electrons. The number of benzene rings is 1. The third kappa shape index (κ3) is 4.47. The highest BCUT2D eigenvalue weighted by Gasteiger charge is 2.26. The molecule has 2 aromatic rings. The number of nitrogens with zero attached hydrogens (tertiary/aromatic N) is 3. The van der Waals surface area contributed by atoms with Gasteiger partial charge in [-0.05, 0) is 74.3 Å². The number of rotatable bonds is 5. The molecular formula is C26H34N4O. The molecule has 5 heteroatoms. The van der Waals surface area contributed by atoms with Crippen LogP contribution >= 0.6 is 0 Å². The number of hydrogen-bond donors (Lipinski definition) is 1. The summed E-state index contributed by atoms with van der Waals surface area (Å²) in [5.41, 5.74) is 4.74. The van der Waals surface area contributed by atoms with Gasteiger partial charge in [-0.25, -0.2) is 4.98 Å². The summed E-state index contributed by atoms with van der Waals surface area (Å²) in [5.74, 6) is 0.919. The van der Waals surface area contributed by atoms with E-state index in [4.69, 9.17) is 0 Å². The Morgan fingerprint density at radius 3 is 2.55 bits per heavy atom. The van der Waals surface area contributed by atoms with E-state index in [1.54, 1.807) is 6.20 Å². The topological polar surface area (TPSA) is 48.5 Å². The summed E-state index contributed by atoms with van der Waals surface area (Å²) >= 11 is 0. The van der Waals surface area contributed by atoms with Crippen molar-refractivity contribution in [1.29, 1.82) is 0 Å². The van der Waals surface area contributed by atoms with Gasteiger partial charge in [-0.15, -0.1) is 0 Å². The Morgan fingerprint density at radius 2 is 1.87 bits per heavy atom. The molecular weight excluding hydrogens is 384 g/mol. The van der Waals surface area contributed by atoms with Crippen molar-refractivity contribution in [3.8, 4) is 0 Å². The number of fused-ring (bicyclic) bond motifs is 1. The minimum atomic E-state index is -0.0559. The summed E-state index contributed by atoms with van der Waals surface area (Å²) in [5, 5.41) is 3.08. The Hall–Kier alpha value is -2.40. The molecule has 5 rings (SSSR count). The summed E-state index contributed by atoms with van der Waals surface area (Å²) in [4.78, 5) is 22.2. The zero-order valence-corrected chi connectivity index (χ0v) is 18.6. The molecule has 5 nitrogen and oxygen atoms in total. The summed E-state index contributed by atoms with van der Waals surface area (Å²) in [6.45, 7) is 6.20. The van der Waals surface area contributed by atoms with Gasteiger partial charge in [0.15, 0.2) is 0 Å². The molecule has 1 N–H and O–H groups in total. The van der Waals surface area contributed by atoms with Gasteiger partial charge in [-0.2, -0.15) is 0 Å². The van der Waals surface area contributed by atoms with Crippen molar-refractivity contribution in [2.24, 2.45) is 0 Å². The van der Waals surface area contributed by atoms with Crippen molar-refractivity contribution < 1.29 is 4.79 Å². The maximum atomic E-state index is 12.6. The number of aromatic nitrogens is 1. The van der Waals surface area contributed by atoms with Crippen molar-refractivity contribution >= 4 is 11.7 Å². The predicted molar refractivity (Wildman–Crippen MR) is 125 cm³/mol.